The van der Waals surface area contributed by atoms with Crippen LogP contribution in [0.15, 0.2) is 11.8 Å². The maximum absolute atomic E-state index is 12.4. The van der Waals surface area contributed by atoms with E-state index in [1.165, 1.54) is 20.1 Å². The Morgan fingerprint density at radius 2 is 1.71 bits per heavy atom. The number of likely N-dealkylation sites (tertiary alicyclic amines) is 1. The third-order valence-corrected chi connectivity index (χ3v) is 4.25. The average Bonchev–Trinajstić information content (AvgIpc) is 2.94. The minimum Gasteiger partial charge on any atom is -0.467 e. The fourth-order valence-corrected chi connectivity index (χ4v) is 3.26. The number of nitrogens with zero attached hydrogens (tertiary/aromatic N) is 1. The lowest BCUT2D eigenvalue weighted by Gasteiger charge is -2.36. The molecule has 0 aromatic rings. The highest BCUT2D eigenvalue weighted by Gasteiger charge is 2.65. The van der Waals surface area contributed by atoms with Crippen molar-refractivity contribution >= 4 is 23.8 Å². The molecule has 9 nitrogen and oxygen atoms in total. The number of fused-ring (bicyclic) bond motifs is 1. The van der Waals surface area contributed by atoms with Crippen LogP contribution >= 0.6 is 0 Å². The van der Waals surface area contributed by atoms with Gasteiger partial charge in [-0.1, -0.05) is 0 Å². The molecule has 132 valence electrons. The molecule has 0 saturated carbocycles. The van der Waals surface area contributed by atoms with E-state index in [9.17, 15) is 19.2 Å². The van der Waals surface area contributed by atoms with E-state index < -0.39 is 35.6 Å². The highest BCUT2D eigenvalue weighted by molar-refractivity contribution is 6.08. The summed E-state index contributed by atoms with van der Waals surface area (Å²) in [5.41, 5.74) is -1.94. The topological polar surface area (TPSA) is 108 Å². The summed E-state index contributed by atoms with van der Waals surface area (Å²) in [6.07, 6.45) is 0.839. The molecule has 2 aliphatic heterocycles. The standard InChI is InChI=1S/C15H19NO8/c1-8(17)16-11-9(5-6-10(24-11)12(18)21-2)7-15(16,13(19)22-3)14(20)23-4/h6,9,11H,5,7H2,1-4H3/t9-,11-/m1/s1. The Morgan fingerprint density at radius 3 is 2.17 bits per heavy atom. The molecule has 2 aliphatic rings. The van der Waals surface area contributed by atoms with E-state index in [1.807, 2.05) is 0 Å². The number of rotatable bonds is 3. The van der Waals surface area contributed by atoms with Crippen molar-refractivity contribution in [1.29, 1.82) is 0 Å². The zero-order valence-electron chi connectivity index (χ0n) is 13.9. The molecule has 1 fully saturated rings. The van der Waals surface area contributed by atoms with Crippen LogP contribution in [0.1, 0.15) is 19.8 Å². The second-order valence-corrected chi connectivity index (χ2v) is 5.50. The molecule has 2 atom stereocenters. The molecule has 9 heteroatoms. The van der Waals surface area contributed by atoms with Gasteiger partial charge in [-0.25, -0.2) is 14.4 Å². The molecule has 0 aromatic carbocycles. The molecular weight excluding hydrogens is 322 g/mol. The van der Waals surface area contributed by atoms with Crippen LogP contribution < -0.4 is 0 Å². The summed E-state index contributed by atoms with van der Waals surface area (Å²) in [4.78, 5) is 49.6. The predicted molar refractivity (Wildman–Crippen MR) is 77.0 cm³/mol. The predicted octanol–water partition coefficient (Wildman–Crippen LogP) is -0.257. The Bertz CT molecular complexity index is 595. The number of hydrogen-bond acceptors (Lipinski definition) is 8. The molecule has 0 aliphatic carbocycles. The van der Waals surface area contributed by atoms with Crippen molar-refractivity contribution in [3.8, 4) is 0 Å². The summed E-state index contributed by atoms with van der Waals surface area (Å²) in [5.74, 6) is -3.56. The van der Waals surface area contributed by atoms with Crippen LogP contribution in [0.2, 0.25) is 0 Å². The highest BCUT2D eigenvalue weighted by Crippen LogP contribution is 2.45. The summed E-state index contributed by atoms with van der Waals surface area (Å²) >= 11 is 0. The molecule has 0 radical (unpaired) electrons. The first kappa shape index (κ1) is 17.8. The van der Waals surface area contributed by atoms with Crippen LogP contribution in [-0.4, -0.2) is 61.8 Å². The smallest absolute Gasteiger partial charge is 0.373 e. The molecule has 0 unspecified atom stereocenters. The van der Waals surface area contributed by atoms with Crippen molar-refractivity contribution in [3.05, 3.63) is 11.8 Å². The van der Waals surface area contributed by atoms with Gasteiger partial charge in [0.05, 0.1) is 21.3 Å². The van der Waals surface area contributed by atoms with E-state index in [0.717, 1.165) is 19.1 Å². The van der Waals surface area contributed by atoms with Gasteiger partial charge < -0.3 is 18.9 Å². The van der Waals surface area contributed by atoms with Gasteiger partial charge in [0, 0.05) is 19.3 Å². The van der Waals surface area contributed by atoms with Gasteiger partial charge in [0.1, 0.15) is 0 Å². The van der Waals surface area contributed by atoms with E-state index in [4.69, 9.17) is 14.2 Å². The maximum Gasteiger partial charge on any atom is 0.373 e. The first-order chi connectivity index (χ1) is 11.3. The van der Waals surface area contributed by atoms with Crippen molar-refractivity contribution in [2.24, 2.45) is 5.92 Å². The highest BCUT2D eigenvalue weighted by atomic mass is 16.6. The van der Waals surface area contributed by atoms with Crippen LogP contribution in [0.3, 0.4) is 0 Å². The maximum atomic E-state index is 12.4. The largest absolute Gasteiger partial charge is 0.467 e. The monoisotopic (exact) mass is 341 g/mol. The van der Waals surface area contributed by atoms with Crippen molar-refractivity contribution < 1.29 is 38.1 Å². The SMILES string of the molecule is COC(=O)C1=CC[C@@H]2CC(C(=O)OC)(C(=O)OC)N(C(C)=O)[C@@H]2O1. The van der Waals surface area contributed by atoms with Crippen LogP contribution in [0.25, 0.3) is 0 Å². The fourth-order valence-electron chi connectivity index (χ4n) is 3.26. The van der Waals surface area contributed by atoms with Gasteiger partial charge >= 0.3 is 17.9 Å². The number of esters is 3. The average molecular weight is 341 g/mol. The van der Waals surface area contributed by atoms with Gasteiger partial charge in [-0.05, 0) is 12.5 Å². The van der Waals surface area contributed by atoms with Gasteiger partial charge in [-0.2, -0.15) is 0 Å². The number of carbonyl (C=O) groups excluding carboxylic acids is 4. The summed E-state index contributed by atoms with van der Waals surface area (Å²) in [6, 6.07) is 0. The van der Waals surface area contributed by atoms with Crippen LogP contribution in [0.5, 0.6) is 0 Å². The molecule has 0 N–H and O–H groups in total. The van der Waals surface area contributed by atoms with Crippen LogP contribution in [0.4, 0.5) is 0 Å². The lowest BCUT2D eigenvalue weighted by molar-refractivity contribution is -0.181. The number of ether oxygens (including phenoxy) is 4. The van der Waals surface area contributed by atoms with Gasteiger partial charge in [0.15, 0.2) is 6.23 Å². The molecule has 1 amide bonds. The Morgan fingerprint density at radius 1 is 1.12 bits per heavy atom. The zero-order chi connectivity index (χ0) is 18.1. The molecule has 2 heterocycles. The van der Waals surface area contributed by atoms with E-state index in [-0.39, 0.29) is 18.1 Å². The van der Waals surface area contributed by atoms with E-state index >= 15 is 0 Å². The van der Waals surface area contributed by atoms with E-state index in [2.05, 4.69) is 4.74 Å². The number of amides is 1. The Labute approximate surface area is 138 Å². The molecule has 0 aromatic heterocycles. The summed E-state index contributed by atoms with van der Waals surface area (Å²) in [7, 11) is 3.43. The van der Waals surface area contributed by atoms with Gasteiger partial charge in [0.2, 0.25) is 17.2 Å². The normalized spacial score (nSPS) is 24.2. The van der Waals surface area contributed by atoms with Crippen LogP contribution in [0, 0.1) is 5.92 Å². The Hall–Kier alpha value is -2.58. The van der Waals surface area contributed by atoms with Crippen LogP contribution in [-0.2, 0) is 38.1 Å². The van der Waals surface area contributed by atoms with Crippen molar-refractivity contribution in [2.75, 3.05) is 21.3 Å². The first-order valence-corrected chi connectivity index (χ1v) is 7.25. The van der Waals surface area contributed by atoms with Gasteiger partial charge in [-0.15, -0.1) is 0 Å². The molecule has 0 spiro atoms. The Balaban J connectivity index is 2.48. The first-order valence-electron chi connectivity index (χ1n) is 7.25. The lowest BCUT2D eigenvalue weighted by atomic mass is 9.89. The summed E-state index contributed by atoms with van der Waals surface area (Å²) < 4.78 is 19.7. The van der Waals surface area contributed by atoms with E-state index in [0.29, 0.717) is 6.42 Å². The number of hydrogen-bond donors (Lipinski definition) is 0. The quantitative estimate of drug-likeness (QED) is 0.392. The van der Waals surface area contributed by atoms with Crippen molar-refractivity contribution in [2.45, 2.75) is 31.5 Å². The number of allylic oxidation sites excluding steroid dienone is 1. The van der Waals surface area contributed by atoms with Gasteiger partial charge in [-0.3, -0.25) is 9.69 Å². The third kappa shape index (κ3) is 2.49. The minimum absolute atomic E-state index is 0.0262. The van der Waals surface area contributed by atoms with Crippen molar-refractivity contribution in [3.63, 3.8) is 0 Å². The lowest BCUT2D eigenvalue weighted by Crippen LogP contribution is -2.61. The van der Waals surface area contributed by atoms with Crippen molar-refractivity contribution in [1.82, 2.24) is 4.90 Å². The summed E-state index contributed by atoms with van der Waals surface area (Å²) in [6.45, 7) is 1.20. The third-order valence-electron chi connectivity index (χ3n) is 4.25. The molecule has 1 saturated heterocycles. The number of carbonyl (C=O) groups is 4. The zero-order valence-corrected chi connectivity index (χ0v) is 13.9. The minimum atomic E-state index is -1.94. The molecule has 0 bridgehead atoms. The number of methoxy groups -OCH3 is 3. The second kappa shape index (κ2) is 6.50. The van der Waals surface area contributed by atoms with Gasteiger partial charge in [0.25, 0.3) is 0 Å². The molecular formula is C15H19NO8. The Kier molecular flexibility index (Phi) is 4.81. The molecule has 24 heavy (non-hydrogen) atoms. The molecule has 2 rings (SSSR count). The second-order valence-electron chi connectivity index (χ2n) is 5.50. The fraction of sp³-hybridized carbons (Fsp3) is 0.600. The van der Waals surface area contributed by atoms with E-state index in [1.54, 1.807) is 0 Å². The summed E-state index contributed by atoms with van der Waals surface area (Å²) in [5, 5.41) is 0.